The van der Waals surface area contributed by atoms with Gasteiger partial charge in [0.15, 0.2) is 30.4 Å². The lowest BCUT2D eigenvalue weighted by molar-refractivity contribution is -0.316. The fraction of sp³-hybridized carbons (Fsp3) is 0.780. The van der Waals surface area contributed by atoms with Gasteiger partial charge in [-0.25, -0.2) is 4.79 Å². The predicted octanol–water partition coefficient (Wildman–Crippen LogP) is 6.67. The first kappa shape index (κ1) is 53.8. The van der Waals surface area contributed by atoms with Crippen molar-refractivity contribution in [1.82, 2.24) is 4.90 Å². The average molecular weight is 978 g/mol. The summed E-state index contributed by atoms with van der Waals surface area (Å²) in [5.41, 5.74) is -2.80. The van der Waals surface area contributed by atoms with Crippen LogP contribution in [0.25, 0.3) is 0 Å². The smallest absolute Gasteiger partial charge is 0.410 e. The topological polar surface area (TPSA) is 190 Å². The van der Waals surface area contributed by atoms with E-state index in [2.05, 4.69) is 0 Å². The molecule has 0 saturated carbocycles. The van der Waals surface area contributed by atoms with Gasteiger partial charge >= 0.3 is 24.0 Å². The van der Waals surface area contributed by atoms with Crippen LogP contribution in [0.1, 0.15) is 107 Å². The Balaban J connectivity index is 1.44. The summed E-state index contributed by atoms with van der Waals surface area (Å²) in [4.78, 5) is 71.1. The van der Waals surface area contributed by atoms with Crippen LogP contribution in [0.15, 0.2) is 24.3 Å². The minimum absolute atomic E-state index is 0.103. The third kappa shape index (κ3) is 10.7. The molecule has 0 radical (unpaired) electrons. The summed E-state index contributed by atoms with van der Waals surface area (Å²) in [6.45, 7) is 19.5. The molecule has 1 aromatic rings. The third-order valence-electron chi connectivity index (χ3n) is 15.4. The molecular formula is C50H75NO16S. The first-order chi connectivity index (χ1) is 31.9. The highest BCUT2D eigenvalue weighted by Gasteiger charge is 2.62. The molecule has 1 amide bonds. The van der Waals surface area contributed by atoms with Crippen LogP contribution in [0.2, 0.25) is 0 Å². The molecule has 5 saturated heterocycles. The van der Waals surface area contributed by atoms with Crippen LogP contribution in [0.4, 0.5) is 4.79 Å². The lowest BCUT2D eigenvalue weighted by atomic mass is 9.70. The summed E-state index contributed by atoms with van der Waals surface area (Å²) in [5, 5.41) is -0.783. The zero-order chi connectivity index (χ0) is 50.2. The van der Waals surface area contributed by atoms with Crippen molar-refractivity contribution in [3.8, 4) is 5.75 Å². The number of carbonyl (C=O) groups excluding carboxylic acids is 5. The largest absolute Gasteiger partial charge is 0.497 e. The van der Waals surface area contributed by atoms with Gasteiger partial charge in [-0.2, -0.15) is 0 Å². The number of esters is 3. The van der Waals surface area contributed by atoms with Crippen LogP contribution < -0.4 is 4.74 Å². The number of rotatable bonds is 12. The molecule has 0 spiro atoms. The van der Waals surface area contributed by atoms with Crippen LogP contribution in [0, 0.1) is 29.6 Å². The SMILES string of the molecule is CC[C@H]1OC(=O)[C@H](C)[C@@H](O[C@H]2C[C@@](C)(OC)[C@@H](OC(C)=O)[C@H](C)O2)[C@H](C)[C@@H](O[C@@H]2O[C@H](C)C[C@H]3[C@H]2OC(=O)N3C)[C@](C)(OC)C[C@@H](C)C(=O)[C@H](C)[C@H]2C(SCc3ccc(OC)cc3)C(=O)O[C@@]21C. The van der Waals surface area contributed by atoms with Gasteiger partial charge in [0.05, 0.1) is 49.1 Å². The number of hydrogen-bond donors (Lipinski definition) is 0. The molecule has 1 aromatic carbocycles. The number of hydrogen-bond acceptors (Lipinski definition) is 17. The Labute approximate surface area is 405 Å². The number of cyclic esters (lactones) is 1. The molecule has 18 heteroatoms. The van der Waals surface area contributed by atoms with Gasteiger partial charge < -0.3 is 57.0 Å². The fourth-order valence-corrected chi connectivity index (χ4v) is 13.0. The van der Waals surface area contributed by atoms with E-state index in [1.165, 1.54) is 25.8 Å². The van der Waals surface area contributed by atoms with Crippen molar-refractivity contribution in [1.29, 1.82) is 0 Å². The molecule has 6 rings (SSSR count). The minimum atomic E-state index is -1.40. The molecule has 17 nitrogen and oxygen atoms in total. The second-order valence-corrected chi connectivity index (χ2v) is 21.4. The third-order valence-corrected chi connectivity index (χ3v) is 16.8. The van der Waals surface area contributed by atoms with Crippen molar-refractivity contribution in [2.24, 2.45) is 29.6 Å². The lowest BCUT2D eigenvalue weighted by Gasteiger charge is -2.49. The van der Waals surface area contributed by atoms with Crippen molar-refractivity contribution >= 4 is 41.5 Å². The molecule has 0 bridgehead atoms. The molecule has 0 aromatic heterocycles. The molecule has 0 N–H and O–H groups in total. The van der Waals surface area contributed by atoms with E-state index >= 15 is 9.59 Å². The second-order valence-electron chi connectivity index (χ2n) is 20.3. The van der Waals surface area contributed by atoms with Crippen LogP contribution in [-0.2, 0) is 72.3 Å². The summed E-state index contributed by atoms with van der Waals surface area (Å²) < 4.78 is 69.3. The molecule has 19 atom stereocenters. The second kappa shape index (κ2) is 21.5. The lowest BCUT2D eigenvalue weighted by Crippen LogP contribution is -2.61. The first-order valence-electron chi connectivity index (χ1n) is 24.0. The first-order valence-corrected chi connectivity index (χ1v) is 25.0. The van der Waals surface area contributed by atoms with Gasteiger partial charge in [-0.15, -0.1) is 11.8 Å². The normalized spacial score (nSPS) is 42.5. The van der Waals surface area contributed by atoms with Gasteiger partial charge in [-0.1, -0.05) is 39.8 Å². The Hall–Kier alpha value is -3.52. The number of likely N-dealkylation sites (N-methyl/N-ethyl adjacent to an activating group) is 1. The summed E-state index contributed by atoms with van der Waals surface area (Å²) >= 11 is 1.39. The maximum absolute atomic E-state index is 15.1. The monoisotopic (exact) mass is 977 g/mol. The average Bonchev–Trinajstić information content (AvgIpc) is 3.74. The predicted molar refractivity (Wildman–Crippen MR) is 248 cm³/mol. The van der Waals surface area contributed by atoms with Crippen molar-refractivity contribution in [2.45, 2.75) is 191 Å². The number of amides is 1. The van der Waals surface area contributed by atoms with Gasteiger partial charge in [0.2, 0.25) is 0 Å². The summed E-state index contributed by atoms with van der Waals surface area (Å²) in [5.74, 6) is -4.54. The molecule has 0 aliphatic carbocycles. The maximum Gasteiger partial charge on any atom is 0.410 e. The Morgan fingerprint density at radius 2 is 1.49 bits per heavy atom. The number of fused-ring (bicyclic) bond motifs is 2. The highest BCUT2D eigenvalue weighted by molar-refractivity contribution is 7.99. The fourth-order valence-electron chi connectivity index (χ4n) is 11.5. The molecule has 5 aliphatic heterocycles. The van der Waals surface area contributed by atoms with E-state index < -0.39 is 125 Å². The zero-order valence-electron chi connectivity index (χ0n) is 42.5. The maximum atomic E-state index is 15.1. The Kier molecular flexibility index (Phi) is 17.0. The van der Waals surface area contributed by atoms with Crippen molar-refractivity contribution in [3.63, 3.8) is 0 Å². The van der Waals surface area contributed by atoms with Crippen molar-refractivity contribution in [2.75, 3.05) is 28.4 Å². The molecule has 68 heavy (non-hydrogen) atoms. The summed E-state index contributed by atoms with van der Waals surface area (Å²) in [7, 11) is 6.34. The number of carbonyl (C=O) groups is 5. The van der Waals surface area contributed by atoms with Gasteiger partial charge in [-0.3, -0.25) is 19.2 Å². The van der Waals surface area contributed by atoms with E-state index in [1.54, 1.807) is 46.9 Å². The van der Waals surface area contributed by atoms with Gasteiger partial charge in [-0.05, 0) is 78.5 Å². The van der Waals surface area contributed by atoms with E-state index in [-0.39, 0.29) is 37.2 Å². The summed E-state index contributed by atoms with van der Waals surface area (Å²) in [6, 6.07) is 7.22. The quantitative estimate of drug-likeness (QED) is 0.159. The molecule has 5 aliphatic rings. The number of Topliss-reactive ketones (excluding diaryl/α,β-unsaturated/α-hetero) is 1. The van der Waals surface area contributed by atoms with E-state index in [0.29, 0.717) is 17.9 Å². The molecule has 382 valence electrons. The molecular weight excluding hydrogens is 903 g/mol. The van der Waals surface area contributed by atoms with E-state index in [9.17, 15) is 14.4 Å². The summed E-state index contributed by atoms with van der Waals surface area (Å²) in [6.07, 6.45) is -7.18. The highest BCUT2D eigenvalue weighted by Crippen LogP contribution is 2.50. The van der Waals surface area contributed by atoms with Crippen LogP contribution in [0.5, 0.6) is 5.75 Å². The zero-order valence-corrected chi connectivity index (χ0v) is 43.3. The Morgan fingerprint density at radius 1 is 0.838 bits per heavy atom. The standard InChI is InChI=1S/C50H75NO16S/c1-16-35-50(11)37(41(45(55)67-50)68-24-32-17-19-33(57-13)20-18-32)27(4)38(53)25(2)22-48(9,58-14)42(66-46-40-34(21-26(3)60-46)51(12)47(56)65-40)28(5)39(29(6)44(54)63-35)64-36-23-49(10,59-15)43(30(7)61-36)62-31(8)52/h17-20,25-30,34-37,39-43,46H,16,21-24H2,1-15H3/t25-,26-,27-,28+,29-,30+,34+,35-,36+,37+,39+,40-,41?,42-,43+,46+,48-,49-,50-/m1/s1. The molecule has 5 heterocycles. The Bertz CT molecular complexity index is 1970. The van der Waals surface area contributed by atoms with Gasteiger partial charge in [0.25, 0.3) is 0 Å². The van der Waals surface area contributed by atoms with Crippen LogP contribution in [0.3, 0.4) is 0 Å². The van der Waals surface area contributed by atoms with Crippen LogP contribution in [-0.4, -0.2) is 146 Å². The van der Waals surface area contributed by atoms with Gasteiger partial charge in [0, 0.05) is 64.0 Å². The Morgan fingerprint density at radius 3 is 2.09 bits per heavy atom. The molecule has 5 fully saturated rings. The minimum Gasteiger partial charge on any atom is -0.497 e. The van der Waals surface area contributed by atoms with Crippen molar-refractivity contribution < 1.29 is 76.1 Å². The van der Waals surface area contributed by atoms with E-state index in [0.717, 1.165) is 5.56 Å². The van der Waals surface area contributed by atoms with Crippen LogP contribution >= 0.6 is 11.8 Å². The number of benzene rings is 1. The number of methoxy groups -OCH3 is 3. The highest BCUT2D eigenvalue weighted by atomic mass is 32.2. The van der Waals surface area contributed by atoms with E-state index in [4.69, 9.17) is 52.1 Å². The van der Waals surface area contributed by atoms with E-state index in [1.807, 2.05) is 72.7 Å². The number of thioether (sulfide) groups is 1. The van der Waals surface area contributed by atoms with Crippen molar-refractivity contribution in [3.05, 3.63) is 29.8 Å². The number of nitrogens with zero attached hydrogens (tertiary/aromatic N) is 1. The van der Waals surface area contributed by atoms with Gasteiger partial charge in [0.1, 0.15) is 28.5 Å². The number of ether oxygens (including phenoxy) is 11. The molecule has 1 unspecified atom stereocenters. The number of ketones is 1.